The second-order valence-corrected chi connectivity index (χ2v) is 3.34. The quantitative estimate of drug-likeness (QED) is 0.689. The van der Waals surface area contributed by atoms with Crippen LogP contribution in [0.25, 0.3) is 10.9 Å². The monoisotopic (exact) mass is 203 g/mol. The van der Waals surface area contributed by atoms with Gasteiger partial charge in [-0.15, -0.1) is 0 Å². The van der Waals surface area contributed by atoms with E-state index in [-0.39, 0.29) is 17.1 Å². The zero-order valence-electron chi connectivity index (χ0n) is 8.07. The van der Waals surface area contributed by atoms with Gasteiger partial charge in [0, 0.05) is 17.0 Å². The third-order valence-electron chi connectivity index (χ3n) is 2.23. The second kappa shape index (κ2) is 3.24. The maximum Gasteiger partial charge on any atom is 0.252 e. The number of carbonyl (C=O) groups is 1. The second-order valence-electron chi connectivity index (χ2n) is 3.34. The minimum Gasteiger partial charge on any atom is -0.507 e. The van der Waals surface area contributed by atoms with Crippen LogP contribution in [0.15, 0.2) is 29.1 Å². The molecule has 0 aliphatic heterocycles. The molecule has 2 N–H and O–H groups in total. The highest BCUT2D eigenvalue weighted by Gasteiger charge is 2.05. The van der Waals surface area contributed by atoms with Gasteiger partial charge in [-0.3, -0.25) is 9.59 Å². The molecule has 0 aliphatic rings. The number of aromatic nitrogens is 1. The Hall–Kier alpha value is -2.10. The van der Waals surface area contributed by atoms with Crippen molar-refractivity contribution < 1.29 is 9.90 Å². The molecule has 4 nitrogen and oxygen atoms in total. The lowest BCUT2D eigenvalue weighted by Gasteiger charge is -2.02. The van der Waals surface area contributed by atoms with Gasteiger partial charge < -0.3 is 10.1 Å². The lowest BCUT2D eigenvalue weighted by Crippen LogP contribution is -2.03. The van der Waals surface area contributed by atoms with E-state index >= 15 is 0 Å². The van der Waals surface area contributed by atoms with Crippen LogP contribution in [0.3, 0.4) is 0 Å². The third-order valence-corrected chi connectivity index (χ3v) is 2.23. The van der Waals surface area contributed by atoms with Gasteiger partial charge in [-0.25, -0.2) is 0 Å². The Labute approximate surface area is 85.2 Å². The van der Waals surface area contributed by atoms with Crippen LogP contribution in [0.5, 0.6) is 5.75 Å². The molecule has 0 atom stereocenters. The molecule has 1 heterocycles. The first-order valence-corrected chi connectivity index (χ1v) is 4.45. The fourth-order valence-electron chi connectivity index (χ4n) is 1.45. The van der Waals surface area contributed by atoms with Crippen LogP contribution in [0.1, 0.15) is 17.3 Å². The van der Waals surface area contributed by atoms with E-state index in [1.165, 1.54) is 6.92 Å². The van der Waals surface area contributed by atoms with Crippen molar-refractivity contribution in [3.8, 4) is 5.75 Å². The lowest BCUT2D eigenvalue weighted by atomic mass is 10.1. The summed E-state index contributed by atoms with van der Waals surface area (Å²) in [5.74, 6) is -0.195. The van der Waals surface area contributed by atoms with E-state index < -0.39 is 0 Å². The number of aromatic hydroxyl groups is 1. The number of fused-ring (bicyclic) bond motifs is 1. The van der Waals surface area contributed by atoms with Gasteiger partial charge in [-0.1, -0.05) is 0 Å². The topological polar surface area (TPSA) is 70.2 Å². The van der Waals surface area contributed by atoms with Crippen LogP contribution in [-0.4, -0.2) is 15.9 Å². The van der Waals surface area contributed by atoms with Crippen LogP contribution in [0, 0.1) is 0 Å². The van der Waals surface area contributed by atoms with E-state index in [2.05, 4.69) is 4.98 Å². The molecule has 0 bridgehead atoms. The standard InChI is InChI=1S/C11H9NO3/c1-6(13)7-2-3-9-8(4-7)10(14)5-11(15)12-9/h2-5H,1H3,(H2,12,14,15). The number of ketones is 1. The first-order valence-electron chi connectivity index (χ1n) is 4.45. The van der Waals surface area contributed by atoms with Gasteiger partial charge in [0.2, 0.25) is 0 Å². The SMILES string of the molecule is CC(=O)c1ccc2[nH]c(=O)cc(O)c2c1. The smallest absolute Gasteiger partial charge is 0.252 e. The summed E-state index contributed by atoms with van der Waals surface area (Å²) in [4.78, 5) is 24.7. The van der Waals surface area contributed by atoms with Crippen molar-refractivity contribution in [2.75, 3.05) is 0 Å². The molecule has 0 unspecified atom stereocenters. The van der Waals surface area contributed by atoms with Crippen molar-refractivity contribution in [1.82, 2.24) is 4.98 Å². The van der Waals surface area contributed by atoms with Crippen LogP contribution in [-0.2, 0) is 0 Å². The minimum absolute atomic E-state index is 0.0810. The number of Topliss-reactive ketones (excluding diaryl/α,β-unsaturated/α-hetero) is 1. The Morgan fingerprint density at radius 1 is 1.33 bits per heavy atom. The molecule has 15 heavy (non-hydrogen) atoms. The van der Waals surface area contributed by atoms with E-state index in [0.29, 0.717) is 16.5 Å². The zero-order chi connectivity index (χ0) is 11.0. The molecule has 1 aromatic carbocycles. The Morgan fingerprint density at radius 3 is 2.73 bits per heavy atom. The number of benzene rings is 1. The van der Waals surface area contributed by atoms with Crippen molar-refractivity contribution in [2.45, 2.75) is 6.92 Å². The molecule has 0 spiro atoms. The predicted molar refractivity (Wildman–Crippen MR) is 56.2 cm³/mol. The van der Waals surface area contributed by atoms with Crippen molar-refractivity contribution in [2.24, 2.45) is 0 Å². The van der Waals surface area contributed by atoms with Crippen molar-refractivity contribution in [1.29, 1.82) is 0 Å². The summed E-state index contributed by atoms with van der Waals surface area (Å²) in [6.07, 6.45) is 0. The van der Waals surface area contributed by atoms with Crippen molar-refractivity contribution in [3.63, 3.8) is 0 Å². The summed E-state index contributed by atoms with van der Waals surface area (Å²) >= 11 is 0. The molecular weight excluding hydrogens is 194 g/mol. The molecule has 0 radical (unpaired) electrons. The molecule has 0 saturated heterocycles. The van der Waals surface area contributed by atoms with E-state index in [0.717, 1.165) is 6.07 Å². The molecule has 0 aliphatic carbocycles. The molecule has 4 heteroatoms. The van der Waals surface area contributed by atoms with Crippen LogP contribution >= 0.6 is 0 Å². The lowest BCUT2D eigenvalue weighted by molar-refractivity contribution is 0.101. The Balaban J connectivity index is 2.82. The average Bonchev–Trinajstić information content (AvgIpc) is 2.16. The van der Waals surface area contributed by atoms with Gasteiger partial charge in [-0.2, -0.15) is 0 Å². The largest absolute Gasteiger partial charge is 0.507 e. The number of hydrogen-bond acceptors (Lipinski definition) is 3. The number of hydrogen-bond donors (Lipinski definition) is 2. The summed E-state index contributed by atoms with van der Waals surface area (Å²) in [7, 11) is 0. The molecular formula is C11H9NO3. The highest BCUT2D eigenvalue weighted by Crippen LogP contribution is 2.21. The molecule has 2 aromatic rings. The highest BCUT2D eigenvalue weighted by atomic mass is 16.3. The summed E-state index contributed by atoms with van der Waals surface area (Å²) in [5.41, 5.74) is 0.658. The van der Waals surface area contributed by atoms with Gasteiger partial charge in [0.1, 0.15) is 5.75 Å². The highest BCUT2D eigenvalue weighted by molar-refractivity contribution is 5.98. The minimum atomic E-state index is -0.365. The normalized spacial score (nSPS) is 10.5. The number of rotatable bonds is 1. The molecule has 1 aromatic heterocycles. The maximum atomic E-state index is 11.1. The van der Waals surface area contributed by atoms with Gasteiger partial charge >= 0.3 is 0 Å². The average molecular weight is 203 g/mol. The number of H-pyrrole nitrogens is 1. The summed E-state index contributed by atoms with van der Waals surface area (Å²) < 4.78 is 0. The molecule has 2 rings (SSSR count). The van der Waals surface area contributed by atoms with Gasteiger partial charge in [0.25, 0.3) is 5.56 Å². The molecule has 0 saturated carbocycles. The van der Waals surface area contributed by atoms with Gasteiger partial charge in [0.15, 0.2) is 5.78 Å². The summed E-state index contributed by atoms with van der Waals surface area (Å²) in [5, 5.41) is 10.0. The predicted octanol–water partition coefficient (Wildman–Crippen LogP) is 1.44. The molecule has 76 valence electrons. The Kier molecular flexibility index (Phi) is 2.04. The number of pyridine rings is 1. The number of nitrogens with one attached hydrogen (secondary N) is 1. The Bertz CT molecular complexity index is 598. The Morgan fingerprint density at radius 2 is 2.07 bits per heavy atom. The maximum absolute atomic E-state index is 11.1. The van der Waals surface area contributed by atoms with E-state index in [9.17, 15) is 14.7 Å². The molecule has 0 amide bonds. The summed E-state index contributed by atoms with van der Waals surface area (Å²) in [6, 6.07) is 5.86. The van der Waals surface area contributed by atoms with Gasteiger partial charge in [0.05, 0.1) is 5.52 Å². The van der Waals surface area contributed by atoms with Crippen molar-refractivity contribution >= 4 is 16.7 Å². The zero-order valence-corrected chi connectivity index (χ0v) is 8.07. The van der Waals surface area contributed by atoms with Gasteiger partial charge in [-0.05, 0) is 25.1 Å². The third kappa shape index (κ3) is 1.61. The number of carbonyl (C=O) groups excluding carboxylic acids is 1. The van der Waals surface area contributed by atoms with Crippen LogP contribution in [0.4, 0.5) is 0 Å². The first kappa shape index (κ1) is 9.45. The fourth-order valence-corrected chi connectivity index (χ4v) is 1.45. The van der Waals surface area contributed by atoms with Crippen LogP contribution in [0.2, 0.25) is 0 Å². The first-order chi connectivity index (χ1) is 7.08. The van der Waals surface area contributed by atoms with Crippen LogP contribution < -0.4 is 5.56 Å². The number of aromatic amines is 1. The molecule has 0 fully saturated rings. The summed E-state index contributed by atoms with van der Waals surface area (Å²) in [6.45, 7) is 1.45. The van der Waals surface area contributed by atoms with Crippen molar-refractivity contribution in [3.05, 3.63) is 40.2 Å². The van der Waals surface area contributed by atoms with E-state index in [1.54, 1.807) is 18.2 Å². The van der Waals surface area contributed by atoms with E-state index in [4.69, 9.17) is 0 Å². The fraction of sp³-hybridized carbons (Fsp3) is 0.0909. The van der Waals surface area contributed by atoms with E-state index in [1.807, 2.05) is 0 Å².